The molecular weight excluding hydrogens is 310 g/mol. The molecule has 1 nitrogen and oxygen atoms in total. The van der Waals surface area contributed by atoms with E-state index in [0.717, 1.165) is 12.5 Å². The number of halogens is 1. The van der Waals surface area contributed by atoms with Crippen molar-refractivity contribution in [1.82, 2.24) is 5.32 Å². The summed E-state index contributed by atoms with van der Waals surface area (Å²) in [5.41, 5.74) is 4.21. The molecule has 0 aliphatic heterocycles. The molecule has 0 aromatic heterocycles. The minimum absolute atomic E-state index is 0.542. The molecule has 1 N–H and O–H groups in total. The molecule has 1 saturated carbocycles. The van der Waals surface area contributed by atoms with Gasteiger partial charge in [-0.05, 0) is 62.3 Å². The van der Waals surface area contributed by atoms with Gasteiger partial charge >= 0.3 is 0 Å². The van der Waals surface area contributed by atoms with Crippen molar-refractivity contribution < 1.29 is 0 Å². The first-order valence-corrected chi connectivity index (χ1v) is 8.92. The quantitative estimate of drug-likeness (QED) is 0.727. The Bertz CT molecular complexity index is 412. The summed E-state index contributed by atoms with van der Waals surface area (Å²) in [4.78, 5) is 0. The predicted octanol–water partition coefficient (Wildman–Crippen LogP) is 5.69. The van der Waals surface area contributed by atoms with Gasteiger partial charge in [0.05, 0.1) is 0 Å². The van der Waals surface area contributed by atoms with E-state index in [2.05, 4.69) is 54.2 Å². The Labute approximate surface area is 132 Å². The summed E-state index contributed by atoms with van der Waals surface area (Å²) in [5, 5.41) is 3.81. The fourth-order valence-corrected chi connectivity index (χ4v) is 3.71. The lowest BCUT2D eigenvalue weighted by molar-refractivity contribution is 0.272. The summed E-state index contributed by atoms with van der Waals surface area (Å²) in [6.45, 7) is 7.79. The minimum atomic E-state index is 0.542. The van der Waals surface area contributed by atoms with E-state index < -0.39 is 0 Å². The molecule has 1 aliphatic rings. The first-order chi connectivity index (χ1) is 9.63. The zero-order valence-corrected chi connectivity index (χ0v) is 14.7. The first kappa shape index (κ1) is 16.0. The fraction of sp³-hybridized carbons (Fsp3) is 0.667. The molecule has 0 spiro atoms. The Hall–Kier alpha value is -0.340. The van der Waals surface area contributed by atoms with Crippen LogP contribution in [0.25, 0.3) is 0 Å². The van der Waals surface area contributed by atoms with Crippen molar-refractivity contribution in [1.29, 1.82) is 0 Å². The van der Waals surface area contributed by atoms with Gasteiger partial charge in [-0.25, -0.2) is 0 Å². The second kappa shape index (κ2) is 7.61. The van der Waals surface area contributed by atoms with Gasteiger partial charge in [0.15, 0.2) is 0 Å². The second-order valence-corrected chi connectivity index (χ2v) is 7.09. The maximum Gasteiger partial charge on any atom is 0.0348 e. The summed E-state index contributed by atoms with van der Waals surface area (Å²) in [6.07, 6.45) is 8.21. The van der Waals surface area contributed by atoms with E-state index in [0.29, 0.717) is 6.04 Å². The molecule has 112 valence electrons. The molecule has 0 radical (unpaired) electrons. The second-order valence-electron chi connectivity index (χ2n) is 6.30. The molecule has 2 rings (SSSR count). The van der Waals surface area contributed by atoms with E-state index in [4.69, 9.17) is 0 Å². The number of hydrogen-bond acceptors (Lipinski definition) is 1. The standard InChI is InChI=1S/C18H28BrN/c1-4-10-20-18(15-8-6-5-7-9-15)16-11-13(2)17(19)14(3)12-16/h11-12,15,18,20H,4-10H2,1-3H3. The normalized spacial score (nSPS) is 18.2. The van der Waals surface area contributed by atoms with Gasteiger partial charge in [-0.2, -0.15) is 0 Å². The summed E-state index contributed by atoms with van der Waals surface area (Å²) in [6, 6.07) is 5.29. The van der Waals surface area contributed by atoms with E-state index in [-0.39, 0.29) is 0 Å². The average molecular weight is 338 g/mol. The van der Waals surface area contributed by atoms with Crippen molar-refractivity contribution in [2.24, 2.45) is 5.92 Å². The van der Waals surface area contributed by atoms with Crippen LogP contribution in [0.1, 0.15) is 68.2 Å². The third kappa shape index (κ3) is 3.85. The number of aryl methyl sites for hydroxylation is 2. The van der Waals surface area contributed by atoms with E-state index in [1.165, 1.54) is 59.7 Å². The molecule has 1 atom stereocenters. The Balaban J connectivity index is 2.25. The van der Waals surface area contributed by atoms with Gasteiger partial charge in [0.25, 0.3) is 0 Å². The number of hydrogen-bond donors (Lipinski definition) is 1. The Kier molecular flexibility index (Phi) is 6.10. The molecule has 1 aliphatic carbocycles. The lowest BCUT2D eigenvalue weighted by Crippen LogP contribution is -2.30. The van der Waals surface area contributed by atoms with E-state index >= 15 is 0 Å². The van der Waals surface area contributed by atoms with Crippen molar-refractivity contribution in [3.8, 4) is 0 Å². The fourth-order valence-electron chi connectivity index (χ4n) is 3.48. The highest BCUT2D eigenvalue weighted by Crippen LogP contribution is 2.36. The van der Waals surface area contributed by atoms with E-state index in [1.54, 1.807) is 0 Å². The van der Waals surface area contributed by atoms with Crippen molar-refractivity contribution in [3.63, 3.8) is 0 Å². The van der Waals surface area contributed by atoms with Crippen molar-refractivity contribution in [2.75, 3.05) is 6.54 Å². The highest BCUT2D eigenvalue weighted by molar-refractivity contribution is 9.10. The van der Waals surface area contributed by atoms with Gasteiger partial charge in [0.1, 0.15) is 0 Å². The smallest absolute Gasteiger partial charge is 0.0348 e. The summed E-state index contributed by atoms with van der Waals surface area (Å²) >= 11 is 3.69. The molecule has 0 bridgehead atoms. The molecule has 2 heteroatoms. The van der Waals surface area contributed by atoms with Crippen LogP contribution in [0.15, 0.2) is 16.6 Å². The maximum absolute atomic E-state index is 3.81. The van der Waals surface area contributed by atoms with Gasteiger partial charge in [0.2, 0.25) is 0 Å². The van der Waals surface area contributed by atoms with Crippen LogP contribution in [0.4, 0.5) is 0 Å². The van der Waals surface area contributed by atoms with Crippen LogP contribution in [0.3, 0.4) is 0 Å². The predicted molar refractivity (Wildman–Crippen MR) is 91.2 cm³/mol. The van der Waals surface area contributed by atoms with Crippen molar-refractivity contribution >= 4 is 15.9 Å². The van der Waals surface area contributed by atoms with Crippen LogP contribution in [0.2, 0.25) is 0 Å². The zero-order valence-electron chi connectivity index (χ0n) is 13.1. The number of benzene rings is 1. The molecule has 1 aromatic carbocycles. The van der Waals surface area contributed by atoms with Crippen molar-refractivity contribution in [3.05, 3.63) is 33.3 Å². The Morgan fingerprint density at radius 1 is 1.15 bits per heavy atom. The molecule has 1 aromatic rings. The van der Waals surface area contributed by atoms with Crippen LogP contribution in [-0.2, 0) is 0 Å². The molecule has 1 fully saturated rings. The Morgan fingerprint density at radius 3 is 2.30 bits per heavy atom. The Morgan fingerprint density at radius 2 is 1.75 bits per heavy atom. The average Bonchev–Trinajstić information content (AvgIpc) is 2.46. The topological polar surface area (TPSA) is 12.0 Å². The molecule has 20 heavy (non-hydrogen) atoms. The van der Waals surface area contributed by atoms with Gasteiger partial charge < -0.3 is 5.32 Å². The lowest BCUT2D eigenvalue weighted by atomic mass is 9.80. The monoisotopic (exact) mass is 337 g/mol. The maximum atomic E-state index is 3.81. The summed E-state index contributed by atoms with van der Waals surface area (Å²) < 4.78 is 1.26. The summed E-state index contributed by atoms with van der Waals surface area (Å²) in [7, 11) is 0. The molecule has 0 amide bonds. The molecule has 1 unspecified atom stereocenters. The first-order valence-electron chi connectivity index (χ1n) is 8.13. The van der Waals surface area contributed by atoms with Gasteiger partial charge in [-0.1, -0.05) is 54.2 Å². The molecular formula is C18H28BrN. The third-order valence-corrected chi connectivity index (χ3v) is 5.80. The third-order valence-electron chi connectivity index (χ3n) is 4.55. The van der Waals surface area contributed by atoms with Crippen LogP contribution < -0.4 is 5.32 Å². The van der Waals surface area contributed by atoms with Crippen LogP contribution in [-0.4, -0.2) is 6.54 Å². The van der Waals surface area contributed by atoms with Gasteiger partial charge in [-0.3, -0.25) is 0 Å². The molecule has 0 heterocycles. The zero-order chi connectivity index (χ0) is 14.5. The SMILES string of the molecule is CCCNC(c1cc(C)c(Br)c(C)c1)C1CCCCC1. The van der Waals surface area contributed by atoms with Gasteiger partial charge in [0, 0.05) is 10.5 Å². The van der Waals surface area contributed by atoms with Crippen molar-refractivity contribution in [2.45, 2.75) is 65.3 Å². The highest BCUT2D eigenvalue weighted by Gasteiger charge is 2.25. The number of nitrogens with one attached hydrogen (secondary N) is 1. The van der Waals surface area contributed by atoms with E-state index in [1.807, 2.05) is 0 Å². The van der Waals surface area contributed by atoms with Crippen LogP contribution in [0, 0.1) is 19.8 Å². The van der Waals surface area contributed by atoms with E-state index in [9.17, 15) is 0 Å². The van der Waals surface area contributed by atoms with Crippen LogP contribution >= 0.6 is 15.9 Å². The van der Waals surface area contributed by atoms with Crippen LogP contribution in [0.5, 0.6) is 0 Å². The minimum Gasteiger partial charge on any atom is -0.310 e. The molecule has 0 saturated heterocycles. The largest absolute Gasteiger partial charge is 0.310 e. The van der Waals surface area contributed by atoms with Gasteiger partial charge in [-0.15, -0.1) is 0 Å². The summed E-state index contributed by atoms with van der Waals surface area (Å²) in [5.74, 6) is 0.815. The number of rotatable bonds is 5. The highest BCUT2D eigenvalue weighted by atomic mass is 79.9. The lowest BCUT2D eigenvalue weighted by Gasteiger charge is -2.32.